The van der Waals surface area contributed by atoms with E-state index in [2.05, 4.69) is 29.9 Å². The number of aromatic nitrogens is 4. The summed E-state index contributed by atoms with van der Waals surface area (Å²) in [5.74, 6) is -4.38. The number of carbonyl (C=O) groups is 5. The molecule has 2 amide bonds. The van der Waals surface area contributed by atoms with Crippen molar-refractivity contribution in [2.75, 3.05) is 16.9 Å². The Hall–Kier alpha value is -9.24. The number of esters is 1. The summed E-state index contributed by atoms with van der Waals surface area (Å²) in [5, 5.41) is 16.0. The number of ketones is 2. The molecule has 0 spiro atoms. The Morgan fingerprint density at radius 3 is 1.42 bits per heavy atom. The molecule has 0 fully saturated rings. The van der Waals surface area contributed by atoms with Crippen molar-refractivity contribution in [3.63, 3.8) is 0 Å². The van der Waals surface area contributed by atoms with Crippen molar-refractivity contribution in [3.05, 3.63) is 224 Å². The molecule has 0 N–H and O–H groups in total. The zero-order chi connectivity index (χ0) is 58.5. The summed E-state index contributed by atoms with van der Waals surface area (Å²) in [6.07, 6.45) is -11.2. The van der Waals surface area contributed by atoms with E-state index in [9.17, 15) is 50.3 Å². The van der Waals surface area contributed by atoms with Crippen molar-refractivity contribution in [2.24, 2.45) is 0 Å². The third-order valence-electron chi connectivity index (χ3n) is 12.7. The molecular weight excluding hydrogens is 1090 g/mol. The highest BCUT2D eigenvalue weighted by atomic mass is 35.5. The summed E-state index contributed by atoms with van der Waals surface area (Å²) in [6, 6.07) is 35.5. The standard InChI is InChI=1S/C33H26F3N3O6.C26H21ClF3N3O3/c1-19-9-12-22(13-10-19)28(40)26-27(21-14-16-24(17-15-21)45-33(34,35)36)39(25-18-11-20(2)37-38-25)31(41)30(26)44-29(32(42)43-3)23-7-5-4-6-8-23;1-14(2)16-5-7-18(8-6-16)24(34)21-22(27)25(35)33(20-13-4-15(3)31-32-20)23(21)17-9-11-19(12-10-17)36-26(28,29)30/h4-18,27,29H,1-3H3;4-14,23H,1-3H3/t27-,29-;23-/m11/s1. The average molecular weight is 1130 g/mol. The average Bonchev–Trinajstić information content (AvgIpc) is 3.01. The smallest absolute Gasteiger partial charge is 0.468 e. The molecule has 0 radical (unpaired) electrons. The van der Waals surface area contributed by atoms with Gasteiger partial charge in [-0.1, -0.05) is 134 Å². The third kappa shape index (κ3) is 13.3. The quantitative estimate of drug-likeness (QED) is 0.0538. The molecule has 15 nitrogen and oxygen atoms in total. The lowest BCUT2D eigenvalue weighted by Gasteiger charge is -2.26. The van der Waals surface area contributed by atoms with Gasteiger partial charge in [0.15, 0.2) is 29.0 Å². The lowest BCUT2D eigenvalue weighted by Crippen LogP contribution is -2.32. The van der Waals surface area contributed by atoms with E-state index in [0.717, 1.165) is 47.4 Å². The zero-order valence-electron chi connectivity index (χ0n) is 43.7. The molecule has 416 valence electrons. The summed E-state index contributed by atoms with van der Waals surface area (Å²) in [6.45, 7) is 9.30. The van der Waals surface area contributed by atoms with Gasteiger partial charge in [0.05, 0.1) is 41.7 Å². The second-order valence-corrected chi connectivity index (χ2v) is 19.0. The monoisotopic (exact) mass is 1130 g/mol. The van der Waals surface area contributed by atoms with Crippen molar-refractivity contribution in [1.29, 1.82) is 0 Å². The Bertz CT molecular complexity index is 3530. The number of amides is 2. The zero-order valence-corrected chi connectivity index (χ0v) is 44.5. The van der Waals surface area contributed by atoms with E-state index < -0.39 is 77.5 Å². The Labute approximate surface area is 464 Å². The van der Waals surface area contributed by atoms with E-state index in [-0.39, 0.29) is 44.9 Å². The van der Waals surface area contributed by atoms with Crippen LogP contribution in [-0.2, 0) is 23.9 Å². The Morgan fingerprint density at radius 1 is 0.543 bits per heavy atom. The number of rotatable bonds is 15. The van der Waals surface area contributed by atoms with Crippen molar-refractivity contribution in [3.8, 4) is 11.5 Å². The number of anilines is 2. The van der Waals surface area contributed by atoms with Gasteiger partial charge in [-0.15, -0.1) is 36.5 Å². The molecule has 3 atom stereocenters. The molecule has 81 heavy (non-hydrogen) atoms. The van der Waals surface area contributed by atoms with Crippen molar-refractivity contribution < 1.29 is 69.3 Å². The van der Waals surface area contributed by atoms with Crippen LogP contribution in [0, 0.1) is 20.8 Å². The number of Topliss-reactive ketones (excluding diaryl/α,β-unsaturated/α-hetero) is 2. The first kappa shape index (κ1) is 57.9. The Balaban J connectivity index is 0.000000218. The van der Waals surface area contributed by atoms with E-state index in [1.807, 2.05) is 32.9 Å². The molecule has 0 unspecified atom stereocenters. The SMILES string of the molecule is COC(=O)[C@H](OC1=C(C(=O)c2ccc(C)cc2)[C@@H](c2ccc(OC(F)(F)F)cc2)N(c2ccc(C)nn2)C1=O)c1ccccc1.Cc1ccc(N2C(=O)C(Cl)=C(C(=O)c3ccc(C(C)C)cc3)[C@H]2c2ccc(OC(F)(F)F)cc2)nn1. The molecule has 2 aromatic heterocycles. The number of nitrogens with zero attached hydrogens (tertiary/aromatic N) is 6. The molecule has 7 aromatic rings. The first-order chi connectivity index (χ1) is 38.4. The van der Waals surface area contributed by atoms with Gasteiger partial charge in [0, 0.05) is 16.7 Å². The molecular formula is C59H47ClF6N6O9. The van der Waals surface area contributed by atoms with Gasteiger partial charge in [0.2, 0.25) is 6.10 Å². The number of aryl methyl sites for hydroxylation is 3. The van der Waals surface area contributed by atoms with Crippen LogP contribution in [0.25, 0.3) is 0 Å². The summed E-state index contributed by atoms with van der Waals surface area (Å²) < 4.78 is 95.7. The van der Waals surface area contributed by atoms with Gasteiger partial charge < -0.3 is 18.9 Å². The first-order valence-electron chi connectivity index (χ1n) is 24.6. The number of methoxy groups -OCH3 is 1. The molecule has 4 heterocycles. The van der Waals surface area contributed by atoms with Crippen LogP contribution in [0.1, 0.15) is 97.9 Å². The van der Waals surface area contributed by atoms with E-state index in [4.69, 9.17) is 21.1 Å². The third-order valence-corrected chi connectivity index (χ3v) is 13.0. The molecule has 0 bridgehead atoms. The first-order valence-corrected chi connectivity index (χ1v) is 25.0. The Kier molecular flexibility index (Phi) is 17.2. The van der Waals surface area contributed by atoms with Crippen LogP contribution in [0.4, 0.5) is 38.0 Å². The number of carbonyl (C=O) groups excluding carboxylic acids is 5. The van der Waals surface area contributed by atoms with E-state index in [1.165, 1.54) is 35.2 Å². The number of hydrogen-bond donors (Lipinski definition) is 0. The molecule has 2 aliphatic rings. The summed E-state index contributed by atoms with van der Waals surface area (Å²) in [5.41, 5.74) is 4.35. The fourth-order valence-electron chi connectivity index (χ4n) is 8.74. The number of halogens is 7. The minimum absolute atomic E-state index is 0.00849. The summed E-state index contributed by atoms with van der Waals surface area (Å²) >= 11 is 6.44. The van der Waals surface area contributed by atoms with Crippen LogP contribution in [0.2, 0.25) is 0 Å². The molecule has 0 saturated carbocycles. The van der Waals surface area contributed by atoms with Gasteiger partial charge in [-0.05, 0) is 91.9 Å². The van der Waals surface area contributed by atoms with Gasteiger partial charge in [0.25, 0.3) is 11.8 Å². The van der Waals surface area contributed by atoms with Crippen LogP contribution in [-0.4, -0.2) is 69.6 Å². The molecule has 22 heteroatoms. The number of hydrogen-bond acceptors (Lipinski definition) is 13. The van der Waals surface area contributed by atoms with Crippen LogP contribution in [0.3, 0.4) is 0 Å². The van der Waals surface area contributed by atoms with E-state index in [1.54, 1.807) is 98.8 Å². The number of benzene rings is 5. The predicted molar refractivity (Wildman–Crippen MR) is 283 cm³/mol. The molecule has 9 rings (SSSR count). The highest BCUT2D eigenvalue weighted by molar-refractivity contribution is 6.48. The fourth-order valence-corrected chi connectivity index (χ4v) is 9.02. The van der Waals surface area contributed by atoms with Gasteiger partial charge in [-0.3, -0.25) is 29.0 Å². The number of ether oxygens (including phenoxy) is 4. The Morgan fingerprint density at radius 2 is 0.988 bits per heavy atom. The van der Waals surface area contributed by atoms with Gasteiger partial charge in [-0.25, -0.2) is 4.79 Å². The molecule has 5 aromatic carbocycles. The highest BCUT2D eigenvalue weighted by Gasteiger charge is 2.49. The van der Waals surface area contributed by atoms with Crippen LogP contribution in [0.15, 0.2) is 174 Å². The second-order valence-electron chi connectivity index (χ2n) is 18.7. The topological polar surface area (TPSA) is 180 Å². The number of alkyl halides is 6. The normalized spacial score (nSPS) is 15.8. The van der Waals surface area contributed by atoms with Crippen LogP contribution in [0.5, 0.6) is 11.5 Å². The lowest BCUT2D eigenvalue weighted by atomic mass is 9.92. The van der Waals surface area contributed by atoms with Crippen LogP contribution < -0.4 is 19.3 Å². The maximum atomic E-state index is 14.3. The maximum Gasteiger partial charge on any atom is 0.573 e. The van der Waals surface area contributed by atoms with E-state index in [0.29, 0.717) is 28.1 Å². The van der Waals surface area contributed by atoms with Gasteiger partial charge in [0.1, 0.15) is 16.5 Å². The van der Waals surface area contributed by atoms with Crippen molar-refractivity contribution in [2.45, 2.75) is 71.4 Å². The predicted octanol–water partition coefficient (Wildman–Crippen LogP) is 12.4. The molecule has 0 aliphatic carbocycles. The maximum absolute atomic E-state index is 14.3. The van der Waals surface area contributed by atoms with Gasteiger partial charge >= 0.3 is 18.7 Å². The minimum Gasteiger partial charge on any atom is -0.468 e. The second kappa shape index (κ2) is 24.0. The van der Waals surface area contributed by atoms with Crippen molar-refractivity contribution in [1.82, 2.24) is 20.4 Å². The minimum atomic E-state index is -4.93. The molecule has 0 saturated heterocycles. The largest absolute Gasteiger partial charge is 0.573 e. The van der Waals surface area contributed by atoms with Crippen molar-refractivity contribution >= 4 is 52.6 Å². The summed E-state index contributed by atoms with van der Waals surface area (Å²) in [4.78, 5) is 70.8. The van der Waals surface area contributed by atoms with Gasteiger partial charge in [-0.2, -0.15) is 10.2 Å². The lowest BCUT2D eigenvalue weighted by molar-refractivity contribution is -0.275. The van der Waals surface area contributed by atoms with E-state index >= 15 is 0 Å². The highest BCUT2D eigenvalue weighted by Crippen LogP contribution is 2.46. The fraction of sp³-hybridized carbons (Fsp3) is 0.203. The molecule has 2 aliphatic heterocycles. The van der Waals surface area contributed by atoms with Crippen LogP contribution >= 0.6 is 11.6 Å². The summed E-state index contributed by atoms with van der Waals surface area (Å²) in [7, 11) is 1.16.